The van der Waals surface area contributed by atoms with Gasteiger partial charge in [-0.15, -0.1) is 0 Å². The molecule has 4 atom stereocenters. The van der Waals surface area contributed by atoms with E-state index < -0.39 is 0 Å². The van der Waals surface area contributed by atoms with Gasteiger partial charge >= 0.3 is 0 Å². The predicted molar refractivity (Wildman–Crippen MR) is 81.3 cm³/mol. The number of hydrogen-bond acceptors (Lipinski definition) is 2. The minimum absolute atomic E-state index is 0.778. The van der Waals surface area contributed by atoms with Gasteiger partial charge in [0.2, 0.25) is 0 Å². The van der Waals surface area contributed by atoms with E-state index in [9.17, 15) is 0 Å². The van der Waals surface area contributed by atoms with Crippen molar-refractivity contribution in [3.8, 4) is 5.75 Å². The van der Waals surface area contributed by atoms with Gasteiger partial charge in [-0.3, -0.25) is 0 Å². The van der Waals surface area contributed by atoms with Crippen molar-refractivity contribution in [2.45, 2.75) is 44.1 Å². The van der Waals surface area contributed by atoms with E-state index in [0.717, 1.165) is 29.5 Å². The summed E-state index contributed by atoms with van der Waals surface area (Å²) in [6.07, 6.45) is 6.91. The molecular weight excluding hydrogens is 246 g/mol. The second-order valence-corrected chi connectivity index (χ2v) is 6.98. The van der Waals surface area contributed by atoms with Gasteiger partial charge in [0, 0.05) is 6.04 Å². The lowest BCUT2D eigenvalue weighted by Gasteiger charge is -2.53. The zero-order valence-electron chi connectivity index (χ0n) is 12.6. The summed E-state index contributed by atoms with van der Waals surface area (Å²) in [7, 11) is 4.12. The lowest BCUT2D eigenvalue weighted by atomic mass is 9.59. The molecule has 0 radical (unpaired) electrons. The Morgan fingerprint density at radius 1 is 1.20 bits per heavy atom. The van der Waals surface area contributed by atoms with Gasteiger partial charge in [0.05, 0.1) is 7.11 Å². The standard InChI is InChI=1S/C18H25NO/c1-19-9-8-12-4-3-5-15-16-11-14(20-2)7-6-13(16)10-17(19)18(12)15/h6-7,11-12,15,17-18H,3-5,8-10H2,1-2H3/t12?,15-,17+,18+/m1/s1. The van der Waals surface area contributed by atoms with Crippen LogP contribution in [0, 0.1) is 11.8 Å². The monoisotopic (exact) mass is 271 g/mol. The van der Waals surface area contributed by atoms with E-state index in [1.807, 2.05) is 0 Å². The number of likely N-dealkylation sites (tertiary alicyclic amines) is 1. The summed E-state index contributed by atoms with van der Waals surface area (Å²) in [5, 5.41) is 0. The first-order valence-corrected chi connectivity index (χ1v) is 8.15. The number of ether oxygens (including phenoxy) is 1. The van der Waals surface area contributed by atoms with E-state index in [1.54, 1.807) is 18.2 Å². The molecule has 1 unspecified atom stereocenters. The molecule has 0 amide bonds. The highest BCUT2D eigenvalue weighted by molar-refractivity contribution is 5.41. The molecule has 0 spiro atoms. The maximum Gasteiger partial charge on any atom is 0.119 e. The normalized spacial score (nSPS) is 36.1. The van der Waals surface area contributed by atoms with E-state index in [-0.39, 0.29) is 0 Å². The van der Waals surface area contributed by atoms with Crippen molar-refractivity contribution in [1.82, 2.24) is 4.90 Å². The molecular formula is C18H25NO. The molecule has 1 aromatic carbocycles. The summed E-state index contributed by atoms with van der Waals surface area (Å²) in [5.74, 6) is 3.67. The third kappa shape index (κ3) is 1.81. The fourth-order valence-electron chi connectivity index (χ4n) is 5.17. The van der Waals surface area contributed by atoms with E-state index in [2.05, 4.69) is 30.1 Å². The zero-order chi connectivity index (χ0) is 13.7. The van der Waals surface area contributed by atoms with Crippen LogP contribution < -0.4 is 4.74 Å². The van der Waals surface area contributed by atoms with Crippen molar-refractivity contribution in [3.05, 3.63) is 29.3 Å². The Bertz CT molecular complexity index is 512. The van der Waals surface area contributed by atoms with Crippen LogP contribution in [0.1, 0.15) is 42.7 Å². The SMILES string of the molecule is COc1ccc2c(c1)[C@H]1CCCC3CCN(C)[C@@H](C2)[C@@H]31. The molecule has 2 fully saturated rings. The molecule has 1 heterocycles. The molecule has 108 valence electrons. The Hall–Kier alpha value is -1.02. The zero-order valence-corrected chi connectivity index (χ0v) is 12.6. The van der Waals surface area contributed by atoms with Crippen molar-refractivity contribution >= 4 is 0 Å². The largest absolute Gasteiger partial charge is 0.497 e. The highest BCUT2D eigenvalue weighted by atomic mass is 16.5. The van der Waals surface area contributed by atoms with E-state index in [4.69, 9.17) is 4.74 Å². The van der Waals surface area contributed by atoms with Crippen LogP contribution in [-0.4, -0.2) is 31.6 Å². The molecule has 20 heavy (non-hydrogen) atoms. The molecule has 2 nitrogen and oxygen atoms in total. The van der Waals surface area contributed by atoms with Crippen LogP contribution in [0.2, 0.25) is 0 Å². The molecule has 1 aromatic rings. The molecule has 1 saturated heterocycles. The number of hydrogen-bond donors (Lipinski definition) is 0. The summed E-state index contributed by atoms with van der Waals surface area (Å²) in [6, 6.07) is 7.56. The van der Waals surface area contributed by atoms with Gasteiger partial charge < -0.3 is 9.64 Å². The summed E-state index contributed by atoms with van der Waals surface area (Å²) >= 11 is 0. The van der Waals surface area contributed by atoms with Gasteiger partial charge in [0.25, 0.3) is 0 Å². The van der Waals surface area contributed by atoms with Crippen molar-refractivity contribution in [2.24, 2.45) is 11.8 Å². The van der Waals surface area contributed by atoms with Crippen LogP contribution in [0.25, 0.3) is 0 Å². The topological polar surface area (TPSA) is 12.5 Å². The minimum Gasteiger partial charge on any atom is -0.497 e. The summed E-state index contributed by atoms with van der Waals surface area (Å²) in [6.45, 7) is 1.30. The van der Waals surface area contributed by atoms with E-state index in [1.165, 1.54) is 38.6 Å². The Morgan fingerprint density at radius 2 is 2.10 bits per heavy atom. The average molecular weight is 271 g/mol. The first-order chi connectivity index (χ1) is 9.78. The molecule has 2 heteroatoms. The quantitative estimate of drug-likeness (QED) is 0.775. The van der Waals surface area contributed by atoms with E-state index >= 15 is 0 Å². The number of likely N-dealkylation sites (N-methyl/N-ethyl adjacent to an activating group) is 1. The summed E-state index contributed by atoms with van der Waals surface area (Å²) in [4.78, 5) is 2.63. The van der Waals surface area contributed by atoms with Crippen LogP contribution in [0.5, 0.6) is 5.75 Å². The Balaban J connectivity index is 1.78. The maximum atomic E-state index is 5.46. The lowest BCUT2D eigenvalue weighted by Crippen LogP contribution is -2.53. The van der Waals surface area contributed by atoms with Gasteiger partial charge in [-0.05, 0) is 73.9 Å². The summed E-state index contributed by atoms with van der Waals surface area (Å²) < 4.78 is 5.46. The number of fused-ring (bicyclic) bond motifs is 2. The maximum absolute atomic E-state index is 5.46. The number of methoxy groups -OCH3 is 1. The van der Waals surface area contributed by atoms with E-state index in [0.29, 0.717) is 0 Å². The highest BCUT2D eigenvalue weighted by Crippen LogP contribution is 2.52. The number of benzene rings is 1. The van der Waals surface area contributed by atoms with Crippen molar-refractivity contribution in [3.63, 3.8) is 0 Å². The van der Waals surface area contributed by atoms with Crippen LogP contribution in [0.15, 0.2) is 18.2 Å². The fourth-order valence-corrected chi connectivity index (χ4v) is 5.17. The van der Waals surface area contributed by atoms with Gasteiger partial charge in [-0.25, -0.2) is 0 Å². The smallest absolute Gasteiger partial charge is 0.119 e. The van der Waals surface area contributed by atoms with Crippen molar-refractivity contribution in [1.29, 1.82) is 0 Å². The number of nitrogens with zero attached hydrogens (tertiary/aromatic N) is 1. The Morgan fingerprint density at radius 3 is 2.95 bits per heavy atom. The van der Waals surface area contributed by atoms with Crippen LogP contribution in [0.4, 0.5) is 0 Å². The number of piperidine rings is 1. The van der Waals surface area contributed by atoms with Gasteiger partial charge in [-0.2, -0.15) is 0 Å². The molecule has 1 aliphatic heterocycles. The Labute approximate surface area is 122 Å². The highest BCUT2D eigenvalue weighted by Gasteiger charge is 2.46. The second-order valence-electron chi connectivity index (χ2n) is 6.98. The van der Waals surface area contributed by atoms with Crippen LogP contribution in [0.3, 0.4) is 0 Å². The van der Waals surface area contributed by atoms with Gasteiger partial charge in [0.15, 0.2) is 0 Å². The molecule has 1 saturated carbocycles. The predicted octanol–water partition coefficient (Wildman–Crippen LogP) is 3.46. The van der Waals surface area contributed by atoms with Crippen molar-refractivity contribution < 1.29 is 4.74 Å². The molecule has 2 aliphatic carbocycles. The molecule has 0 N–H and O–H groups in total. The molecule has 4 rings (SSSR count). The van der Waals surface area contributed by atoms with Gasteiger partial charge in [0.1, 0.15) is 5.75 Å². The number of rotatable bonds is 1. The molecule has 3 aliphatic rings. The minimum atomic E-state index is 0.778. The molecule has 0 aromatic heterocycles. The summed E-state index contributed by atoms with van der Waals surface area (Å²) in [5.41, 5.74) is 3.18. The second kappa shape index (κ2) is 4.77. The van der Waals surface area contributed by atoms with Gasteiger partial charge in [-0.1, -0.05) is 18.9 Å². The van der Waals surface area contributed by atoms with Crippen LogP contribution >= 0.6 is 0 Å². The van der Waals surface area contributed by atoms with Crippen LogP contribution in [-0.2, 0) is 6.42 Å². The molecule has 0 bridgehead atoms. The fraction of sp³-hybridized carbons (Fsp3) is 0.667. The average Bonchev–Trinajstić information content (AvgIpc) is 2.50. The third-order valence-electron chi connectivity index (χ3n) is 6.14. The third-order valence-corrected chi connectivity index (χ3v) is 6.14. The first-order valence-electron chi connectivity index (χ1n) is 8.15. The first kappa shape index (κ1) is 12.7. The Kier molecular flexibility index (Phi) is 3.03. The lowest BCUT2D eigenvalue weighted by molar-refractivity contribution is 0.0182. The van der Waals surface area contributed by atoms with Crippen molar-refractivity contribution in [2.75, 3.05) is 20.7 Å².